The number of rotatable bonds is 5. The number of carbonyl (C=O) groups excluding carboxylic acids is 2. The van der Waals surface area contributed by atoms with Gasteiger partial charge in [0.05, 0.1) is 0 Å². The fraction of sp³-hybridized carbons (Fsp3) is 0.467. The second kappa shape index (κ2) is 6.93. The molecule has 1 atom stereocenters. The van der Waals surface area contributed by atoms with Crippen molar-refractivity contribution in [1.29, 1.82) is 0 Å². The molecule has 0 fully saturated rings. The molecule has 0 aromatic heterocycles. The van der Waals surface area contributed by atoms with Crippen molar-refractivity contribution in [2.75, 3.05) is 24.3 Å². The minimum Gasteiger partial charge on any atom is -0.378 e. The van der Waals surface area contributed by atoms with E-state index in [1.807, 2.05) is 57.1 Å². The summed E-state index contributed by atoms with van der Waals surface area (Å²) in [7, 11) is 3.92. The standard InChI is InChI=1S/C15H23N3O2/c1-10(2)14(16-11(3)19)15(20)17-12-6-8-13(9-7-12)18(4)5/h6-10,14H,1-5H3,(H,16,19)(H,17,20)/t14-/m0/s1. The predicted octanol–water partition coefficient (Wildman–Crippen LogP) is 1.85. The first kappa shape index (κ1) is 16.0. The summed E-state index contributed by atoms with van der Waals surface area (Å²) in [6.07, 6.45) is 0. The molecule has 1 rings (SSSR count). The average Bonchev–Trinajstić information content (AvgIpc) is 2.35. The average molecular weight is 277 g/mol. The van der Waals surface area contributed by atoms with Crippen molar-refractivity contribution in [3.05, 3.63) is 24.3 Å². The van der Waals surface area contributed by atoms with E-state index in [9.17, 15) is 9.59 Å². The van der Waals surface area contributed by atoms with Gasteiger partial charge in [-0.25, -0.2) is 0 Å². The van der Waals surface area contributed by atoms with Crippen LogP contribution in [0, 0.1) is 5.92 Å². The minimum absolute atomic E-state index is 0.0277. The van der Waals surface area contributed by atoms with E-state index < -0.39 is 6.04 Å². The van der Waals surface area contributed by atoms with Gasteiger partial charge in [-0.05, 0) is 30.2 Å². The molecule has 0 bridgehead atoms. The van der Waals surface area contributed by atoms with Gasteiger partial charge in [0.25, 0.3) is 0 Å². The molecule has 0 aliphatic heterocycles. The van der Waals surface area contributed by atoms with E-state index in [1.54, 1.807) is 0 Å². The Hall–Kier alpha value is -2.04. The maximum absolute atomic E-state index is 12.2. The van der Waals surface area contributed by atoms with Crippen molar-refractivity contribution in [2.45, 2.75) is 26.8 Å². The number of carbonyl (C=O) groups is 2. The SMILES string of the molecule is CC(=O)N[C@H](C(=O)Nc1ccc(N(C)C)cc1)C(C)C. The Labute approximate surface area is 120 Å². The summed E-state index contributed by atoms with van der Waals surface area (Å²) in [5.74, 6) is -0.380. The summed E-state index contributed by atoms with van der Waals surface area (Å²) in [4.78, 5) is 25.3. The molecule has 20 heavy (non-hydrogen) atoms. The zero-order chi connectivity index (χ0) is 15.3. The Kier molecular flexibility index (Phi) is 5.55. The molecular weight excluding hydrogens is 254 g/mol. The summed E-state index contributed by atoms with van der Waals surface area (Å²) in [6.45, 7) is 5.21. The summed E-state index contributed by atoms with van der Waals surface area (Å²) >= 11 is 0. The highest BCUT2D eigenvalue weighted by Crippen LogP contribution is 2.16. The van der Waals surface area contributed by atoms with Gasteiger partial charge < -0.3 is 15.5 Å². The lowest BCUT2D eigenvalue weighted by atomic mass is 10.0. The van der Waals surface area contributed by atoms with Crippen molar-refractivity contribution >= 4 is 23.2 Å². The number of anilines is 2. The predicted molar refractivity (Wildman–Crippen MR) is 81.8 cm³/mol. The summed E-state index contributed by atoms with van der Waals surface area (Å²) < 4.78 is 0. The number of hydrogen-bond donors (Lipinski definition) is 2. The topological polar surface area (TPSA) is 61.4 Å². The molecule has 110 valence electrons. The molecule has 0 saturated heterocycles. The van der Waals surface area contributed by atoms with E-state index in [0.29, 0.717) is 0 Å². The Bertz CT molecular complexity index is 467. The molecule has 5 heteroatoms. The van der Waals surface area contributed by atoms with Crippen molar-refractivity contribution in [3.8, 4) is 0 Å². The van der Waals surface area contributed by atoms with Crippen molar-refractivity contribution in [3.63, 3.8) is 0 Å². The van der Waals surface area contributed by atoms with E-state index in [2.05, 4.69) is 10.6 Å². The van der Waals surface area contributed by atoms with Gasteiger partial charge in [-0.1, -0.05) is 13.8 Å². The fourth-order valence-corrected chi connectivity index (χ4v) is 1.82. The van der Waals surface area contributed by atoms with E-state index in [0.717, 1.165) is 11.4 Å². The van der Waals surface area contributed by atoms with Gasteiger partial charge in [-0.3, -0.25) is 9.59 Å². The summed E-state index contributed by atoms with van der Waals surface area (Å²) in [5, 5.41) is 5.49. The highest BCUT2D eigenvalue weighted by Gasteiger charge is 2.22. The van der Waals surface area contributed by atoms with Gasteiger partial charge in [-0.15, -0.1) is 0 Å². The van der Waals surface area contributed by atoms with Gasteiger partial charge in [0, 0.05) is 32.4 Å². The molecule has 0 radical (unpaired) electrons. The van der Waals surface area contributed by atoms with Crippen LogP contribution in [0.1, 0.15) is 20.8 Å². The quantitative estimate of drug-likeness (QED) is 0.863. The first-order valence-corrected chi connectivity index (χ1v) is 6.66. The van der Waals surface area contributed by atoms with Crippen LogP contribution in [-0.2, 0) is 9.59 Å². The number of amides is 2. The molecule has 0 heterocycles. The van der Waals surface area contributed by atoms with Crippen LogP contribution in [0.25, 0.3) is 0 Å². The van der Waals surface area contributed by atoms with Crippen LogP contribution in [0.5, 0.6) is 0 Å². The maximum atomic E-state index is 12.2. The lowest BCUT2D eigenvalue weighted by Gasteiger charge is -2.21. The Morgan fingerprint density at radius 1 is 1.10 bits per heavy atom. The molecule has 0 unspecified atom stereocenters. The van der Waals surface area contributed by atoms with Gasteiger partial charge in [0.2, 0.25) is 11.8 Å². The molecule has 1 aromatic rings. The Morgan fingerprint density at radius 2 is 1.65 bits per heavy atom. The second-order valence-electron chi connectivity index (χ2n) is 5.35. The van der Waals surface area contributed by atoms with Crippen molar-refractivity contribution in [2.24, 2.45) is 5.92 Å². The first-order chi connectivity index (χ1) is 9.31. The third-order valence-corrected chi connectivity index (χ3v) is 2.96. The van der Waals surface area contributed by atoms with E-state index >= 15 is 0 Å². The van der Waals surface area contributed by atoms with Crippen molar-refractivity contribution in [1.82, 2.24) is 5.32 Å². The molecule has 0 saturated carbocycles. The van der Waals surface area contributed by atoms with Crippen LogP contribution in [0.3, 0.4) is 0 Å². The van der Waals surface area contributed by atoms with Crippen LogP contribution >= 0.6 is 0 Å². The number of nitrogens with zero attached hydrogens (tertiary/aromatic N) is 1. The van der Waals surface area contributed by atoms with Crippen molar-refractivity contribution < 1.29 is 9.59 Å². The Morgan fingerprint density at radius 3 is 2.05 bits per heavy atom. The molecule has 5 nitrogen and oxygen atoms in total. The molecule has 0 spiro atoms. The van der Waals surface area contributed by atoms with Gasteiger partial charge in [-0.2, -0.15) is 0 Å². The lowest BCUT2D eigenvalue weighted by Crippen LogP contribution is -2.46. The second-order valence-corrected chi connectivity index (χ2v) is 5.35. The van der Waals surface area contributed by atoms with Gasteiger partial charge in [0.1, 0.15) is 6.04 Å². The largest absolute Gasteiger partial charge is 0.378 e. The van der Waals surface area contributed by atoms with Crippen LogP contribution < -0.4 is 15.5 Å². The number of nitrogens with one attached hydrogen (secondary N) is 2. The number of benzene rings is 1. The van der Waals surface area contributed by atoms with Gasteiger partial charge >= 0.3 is 0 Å². The normalized spacial score (nSPS) is 11.9. The monoisotopic (exact) mass is 277 g/mol. The van der Waals surface area contributed by atoms with Crippen LogP contribution in [0.4, 0.5) is 11.4 Å². The fourth-order valence-electron chi connectivity index (χ4n) is 1.82. The van der Waals surface area contributed by atoms with E-state index in [4.69, 9.17) is 0 Å². The van der Waals surface area contributed by atoms with Crippen LogP contribution in [-0.4, -0.2) is 32.0 Å². The zero-order valence-corrected chi connectivity index (χ0v) is 12.7. The maximum Gasteiger partial charge on any atom is 0.247 e. The zero-order valence-electron chi connectivity index (χ0n) is 12.7. The van der Waals surface area contributed by atoms with Crippen LogP contribution in [0.2, 0.25) is 0 Å². The number of hydrogen-bond acceptors (Lipinski definition) is 3. The Balaban J connectivity index is 2.75. The minimum atomic E-state index is -0.527. The molecule has 2 amide bonds. The molecule has 0 aliphatic carbocycles. The molecule has 1 aromatic carbocycles. The molecule has 2 N–H and O–H groups in total. The summed E-state index contributed by atoms with van der Waals surface area (Å²) in [5.41, 5.74) is 1.78. The van der Waals surface area contributed by atoms with E-state index in [1.165, 1.54) is 6.92 Å². The third kappa shape index (κ3) is 4.57. The third-order valence-electron chi connectivity index (χ3n) is 2.96. The van der Waals surface area contributed by atoms with Crippen LogP contribution in [0.15, 0.2) is 24.3 Å². The molecular formula is C15H23N3O2. The smallest absolute Gasteiger partial charge is 0.247 e. The lowest BCUT2D eigenvalue weighted by molar-refractivity contribution is -0.126. The first-order valence-electron chi connectivity index (χ1n) is 6.66. The summed E-state index contributed by atoms with van der Waals surface area (Å²) in [6, 6.07) is 7.02. The molecule has 0 aliphatic rings. The highest BCUT2D eigenvalue weighted by molar-refractivity contribution is 5.97. The van der Waals surface area contributed by atoms with E-state index in [-0.39, 0.29) is 17.7 Å². The van der Waals surface area contributed by atoms with Gasteiger partial charge in [0.15, 0.2) is 0 Å². The highest BCUT2D eigenvalue weighted by atomic mass is 16.2.